The van der Waals surface area contributed by atoms with E-state index in [9.17, 15) is 4.79 Å². The fourth-order valence-corrected chi connectivity index (χ4v) is 6.66. The average Bonchev–Trinajstić information content (AvgIpc) is 2.54. The predicted octanol–water partition coefficient (Wildman–Crippen LogP) is 3.11. The predicted molar refractivity (Wildman–Crippen MR) is 100 cm³/mol. The summed E-state index contributed by atoms with van der Waals surface area (Å²) in [6.45, 7) is 1.42. The Balaban J connectivity index is 1.30. The Kier molecular flexibility index (Phi) is 3.51. The van der Waals surface area contributed by atoms with Gasteiger partial charge in [-0.05, 0) is 86.8 Å². The van der Waals surface area contributed by atoms with E-state index < -0.39 is 0 Å². The van der Waals surface area contributed by atoms with E-state index in [1.807, 2.05) is 12.1 Å². The molecule has 3 N–H and O–H groups in total. The minimum atomic E-state index is 0.111. The molecule has 0 saturated heterocycles. The average molecular weight is 339 g/mol. The Morgan fingerprint density at radius 1 is 1.16 bits per heavy atom. The molecule has 0 aromatic heterocycles. The van der Waals surface area contributed by atoms with Crippen LogP contribution in [0.4, 0.5) is 11.4 Å². The third-order valence-corrected chi connectivity index (χ3v) is 7.16. The first-order chi connectivity index (χ1) is 12.1. The van der Waals surface area contributed by atoms with Crippen molar-refractivity contribution < 1.29 is 4.79 Å². The highest BCUT2D eigenvalue weighted by Crippen LogP contribution is 2.55. The van der Waals surface area contributed by atoms with Crippen LogP contribution in [0.3, 0.4) is 0 Å². The van der Waals surface area contributed by atoms with Crippen molar-refractivity contribution in [3.05, 3.63) is 23.8 Å². The summed E-state index contributed by atoms with van der Waals surface area (Å²) >= 11 is 0. The number of hydrogen-bond acceptors (Lipinski definition) is 3. The van der Waals surface area contributed by atoms with Gasteiger partial charge in [-0.25, -0.2) is 0 Å². The monoisotopic (exact) mass is 339 g/mol. The van der Waals surface area contributed by atoms with Crippen LogP contribution in [0, 0.1) is 17.8 Å². The quantitative estimate of drug-likeness (QED) is 0.832. The van der Waals surface area contributed by atoms with Crippen LogP contribution in [0.25, 0.3) is 0 Å². The van der Waals surface area contributed by atoms with Crippen LogP contribution in [-0.2, 0) is 11.2 Å². The third kappa shape index (κ3) is 2.70. The zero-order chi connectivity index (χ0) is 17.0. The number of fused-ring (bicyclic) bond motifs is 1. The number of rotatable bonds is 3. The van der Waals surface area contributed by atoms with Gasteiger partial charge in [-0.1, -0.05) is 6.07 Å². The summed E-state index contributed by atoms with van der Waals surface area (Å²) in [6, 6.07) is 6.09. The van der Waals surface area contributed by atoms with E-state index in [2.05, 4.69) is 16.3 Å². The van der Waals surface area contributed by atoms with Crippen LogP contribution in [0.5, 0.6) is 0 Å². The molecule has 4 aliphatic carbocycles. The highest BCUT2D eigenvalue weighted by atomic mass is 16.2. The lowest BCUT2D eigenvalue weighted by molar-refractivity contribution is -0.125. The molecule has 1 amide bonds. The molecule has 0 spiro atoms. The van der Waals surface area contributed by atoms with E-state index in [1.165, 1.54) is 44.1 Å². The first-order valence-electron chi connectivity index (χ1n) is 10.0. The van der Waals surface area contributed by atoms with Crippen molar-refractivity contribution in [2.24, 2.45) is 17.8 Å². The van der Waals surface area contributed by atoms with Crippen molar-refractivity contribution in [2.75, 3.05) is 23.7 Å². The number of nitrogens with one attached hydrogen (secondary N) is 1. The maximum Gasteiger partial charge on any atom is 0.239 e. The molecule has 0 unspecified atom stereocenters. The van der Waals surface area contributed by atoms with Gasteiger partial charge in [-0.2, -0.15) is 0 Å². The van der Waals surface area contributed by atoms with Crippen molar-refractivity contribution in [1.29, 1.82) is 0 Å². The molecule has 4 bridgehead atoms. The van der Waals surface area contributed by atoms with Crippen LogP contribution in [0.15, 0.2) is 18.2 Å². The molecule has 0 radical (unpaired) electrons. The fraction of sp³-hybridized carbons (Fsp3) is 0.667. The van der Waals surface area contributed by atoms with Crippen molar-refractivity contribution in [3.8, 4) is 0 Å². The summed E-state index contributed by atoms with van der Waals surface area (Å²) in [4.78, 5) is 15.1. The first-order valence-corrected chi connectivity index (χ1v) is 10.0. The first kappa shape index (κ1) is 15.5. The van der Waals surface area contributed by atoms with E-state index in [-0.39, 0.29) is 11.4 Å². The Morgan fingerprint density at radius 2 is 1.84 bits per heavy atom. The molecule has 5 aliphatic rings. The number of benzene rings is 1. The Morgan fingerprint density at radius 3 is 2.52 bits per heavy atom. The maximum atomic E-state index is 12.9. The van der Waals surface area contributed by atoms with Crippen molar-refractivity contribution >= 4 is 17.3 Å². The lowest BCUT2D eigenvalue weighted by Gasteiger charge is -2.57. The van der Waals surface area contributed by atoms with Gasteiger partial charge in [-0.3, -0.25) is 4.79 Å². The van der Waals surface area contributed by atoms with Crippen LogP contribution < -0.4 is 16.0 Å². The van der Waals surface area contributed by atoms with Gasteiger partial charge in [0.05, 0.1) is 6.54 Å². The zero-order valence-electron chi connectivity index (χ0n) is 15.0. The minimum absolute atomic E-state index is 0.111. The number of nitrogens with zero attached hydrogens (tertiary/aromatic N) is 1. The molecule has 4 heteroatoms. The molecule has 25 heavy (non-hydrogen) atoms. The van der Waals surface area contributed by atoms with Crippen molar-refractivity contribution in [3.63, 3.8) is 0 Å². The molecule has 134 valence electrons. The molecule has 4 fully saturated rings. The number of hydrogen-bond donors (Lipinski definition) is 2. The van der Waals surface area contributed by atoms with Gasteiger partial charge in [-0.15, -0.1) is 0 Å². The summed E-state index contributed by atoms with van der Waals surface area (Å²) in [5.41, 5.74) is 9.50. The van der Waals surface area contributed by atoms with Gasteiger partial charge >= 0.3 is 0 Å². The van der Waals surface area contributed by atoms with E-state index in [0.29, 0.717) is 6.54 Å². The summed E-state index contributed by atoms with van der Waals surface area (Å²) < 4.78 is 0. The standard InChI is InChI=1S/C21H29N3O/c22-18-4-1-5-19-17(18)3-2-6-24(19)13-20(25)23-21-10-14-7-15(11-21)9-16(8-14)12-21/h1,4-5,14-16H,2-3,6-13,22H2,(H,23,25). The summed E-state index contributed by atoms with van der Waals surface area (Å²) in [7, 11) is 0. The van der Waals surface area contributed by atoms with Gasteiger partial charge < -0.3 is 16.0 Å². The topological polar surface area (TPSA) is 58.4 Å². The molecule has 1 heterocycles. The third-order valence-electron chi connectivity index (χ3n) is 7.16. The Labute approximate surface area is 150 Å². The fourth-order valence-electron chi connectivity index (χ4n) is 6.66. The van der Waals surface area contributed by atoms with E-state index in [1.54, 1.807) is 0 Å². The largest absolute Gasteiger partial charge is 0.398 e. The van der Waals surface area contributed by atoms with Gasteiger partial charge in [0.2, 0.25) is 5.91 Å². The minimum Gasteiger partial charge on any atom is -0.398 e. The van der Waals surface area contributed by atoms with E-state index in [4.69, 9.17) is 5.73 Å². The van der Waals surface area contributed by atoms with Crippen LogP contribution in [-0.4, -0.2) is 24.5 Å². The number of nitrogen functional groups attached to an aromatic ring is 1. The SMILES string of the molecule is Nc1cccc2c1CCCN2CC(=O)NC12CC3CC(CC(C3)C1)C2. The molecule has 1 aromatic carbocycles. The lowest BCUT2D eigenvalue weighted by atomic mass is 9.53. The Hall–Kier alpha value is -1.71. The van der Waals surface area contributed by atoms with Gasteiger partial charge in [0, 0.05) is 23.5 Å². The second kappa shape index (κ2) is 5.65. The summed E-state index contributed by atoms with van der Waals surface area (Å²) in [5, 5.41) is 3.51. The highest BCUT2D eigenvalue weighted by molar-refractivity contribution is 5.83. The number of carbonyl (C=O) groups excluding carboxylic acids is 1. The molecular formula is C21H29N3O. The molecule has 0 atom stereocenters. The zero-order valence-corrected chi connectivity index (χ0v) is 15.0. The number of amides is 1. The highest BCUT2D eigenvalue weighted by Gasteiger charge is 2.51. The number of anilines is 2. The van der Waals surface area contributed by atoms with Crippen LogP contribution in [0.1, 0.15) is 50.5 Å². The van der Waals surface area contributed by atoms with E-state index in [0.717, 1.165) is 48.5 Å². The van der Waals surface area contributed by atoms with E-state index >= 15 is 0 Å². The molecule has 4 nitrogen and oxygen atoms in total. The van der Waals surface area contributed by atoms with Gasteiger partial charge in [0.15, 0.2) is 0 Å². The van der Waals surface area contributed by atoms with Gasteiger partial charge in [0.1, 0.15) is 0 Å². The second-order valence-electron chi connectivity index (χ2n) is 9.12. The molecule has 1 aliphatic heterocycles. The lowest BCUT2D eigenvalue weighted by Crippen LogP contribution is -2.61. The number of carbonyl (C=O) groups is 1. The van der Waals surface area contributed by atoms with Crippen molar-refractivity contribution in [1.82, 2.24) is 5.32 Å². The molecule has 4 saturated carbocycles. The second-order valence-corrected chi connectivity index (χ2v) is 9.12. The maximum absolute atomic E-state index is 12.9. The van der Waals surface area contributed by atoms with Gasteiger partial charge in [0.25, 0.3) is 0 Å². The normalized spacial score (nSPS) is 35.5. The molecule has 6 rings (SSSR count). The van der Waals surface area contributed by atoms with Crippen molar-refractivity contribution in [2.45, 2.75) is 56.9 Å². The summed E-state index contributed by atoms with van der Waals surface area (Å²) in [5.74, 6) is 2.79. The molecular weight excluding hydrogens is 310 g/mol. The van der Waals surface area contributed by atoms with Crippen LogP contribution in [0.2, 0.25) is 0 Å². The number of nitrogens with two attached hydrogens (primary N) is 1. The van der Waals surface area contributed by atoms with Crippen LogP contribution >= 0.6 is 0 Å². The summed E-state index contributed by atoms with van der Waals surface area (Å²) in [6.07, 6.45) is 9.98. The molecule has 1 aromatic rings. The Bertz CT molecular complexity index is 663. The smallest absolute Gasteiger partial charge is 0.239 e.